The van der Waals surface area contributed by atoms with E-state index >= 15 is 0 Å². The molecule has 0 atom stereocenters. The minimum atomic E-state index is -6.31. The second-order valence-corrected chi connectivity index (χ2v) is 6.09. The van der Waals surface area contributed by atoms with Crippen molar-refractivity contribution in [1.82, 2.24) is 0 Å². The molecule has 2 aromatic rings. The highest BCUT2D eigenvalue weighted by molar-refractivity contribution is 6.34. The van der Waals surface area contributed by atoms with Crippen molar-refractivity contribution in [3.05, 3.63) is 64.7 Å². The van der Waals surface area contributed by atoms with Crippen LogP contribution >= 0.6 is 0 Å². The first-order chi connectivity index (χ1) is 12.8. The molecule has 0 spiro atoms. The molecule has 0 bridgehead atoms. The summed E-state index contributed by atoms with van der Waals surface area (Å²) >= 11 is 0. The Balaban J connectivity index is 2.21. The fraction of sp³-hybridized carbons (Fsp3) is 0.222. The maximum atomic E-state index is 14.5. The van der Waals surface area contributed by atoms with Crippen molar-refractivity contribution in [2.75, 3.05) is 4.90 Å². The van der Waals surface area contributed by atoms with Gasteiger partial charge in [0, 0.05) is 5.56 Å². The molecule has 0 N–H and O–H groups in total. The van der Waals surface area contributed by atoms with Gasteiger partial charge in [-0.2, -0.15) is 26.3 Å². The lowest BCUT2D eigenvalue weighted by atomic mass is 9.89. The SMILES string of the molecule is Cc1c(N2C(=O)c3ccccc3C2=O)cccc1C(F)(C(F)(F)F)C(F)(F)F. The third-order valence-electron chi connectivity index (χ3n) is 4.49. The van der Waals surface area contributed by atoms with E-state index in [2.05, 4.69) is 0 Å². The zero-order valence-corrected chi connectivity index (χ0v) is 14.0. The molecular formula is C18H10F7NO2. The average molecular weight is 405 g/mol. The maximum absolute atomic E-state index is 14.5. The van der Waals surface area contributed by atoms with Crippen LogP contribution in [0.5, 0.6) is 0 Å². The molecule has 0 fully saturated rings. The number of anilines is 1. The Labute approximate surface area is 153 Å². The van der Waals surface area contributed by atoms with E-state index < -0.39 is 46.7 Å². The Kier molecular flexibility index (Phi) is 4.28. The second-order valence-electron chi connectivity index (χ2n) is 6.09. The van der Waals surface area contributed by atoms with Crippen LogP contribution in [0.2, 0.25) is 0 Å². The van der Waals surface area contributed by atoms with Crippen LogP contribution in [-0.4, -0.2) is 24.2 Å². The number of hydrogen-bond acceptors (Lipinski definition) is 2. The zero-order valence-electron chi connectivity index (χ0n) is 14.0. The Morgan fingerprint density at radius 1 is 0.714 bits per heavy atom. The van der Waals surface area contributed by atoms with Gasteiger partial charge in [-0.25, -0.2) is 9.29 Å². The molecule has 0 radical (unpaired) electrons. The molecule has 10 heteroatoms. The molecule has 0 aromatic heterocycles. The molecule has 3 nitrogen and oxygen atoms in total. The summed E-state index contributed by atoms with van der Waals surface area (Å²) in [6.45, 7) is 0.792. The molecule has 1 aliphatic heterocycles. The molecule has 0 aliphatic carbocycles. The van der Waals surface area contributed by atoms with Gasteiger partial charge < -0.3 is 0 Å². The van der Waals surface area contributed by atoms with E-state index in [1.807, 2.05) is 0 Å². The van der Waals surface area contributed by atoms with Gasteiger partial charge in [-0.1, -0.05) is 24.3 Å². The average Bonchev–Trinajstić information content (AvgIpc) is 2.84. The number of benzene rings is 2. The molecule has 0 unspecified atom stereocenters. The molecule has 0 saturated carbocycles. The first-order valence-electron chi connectivity index (χ1n) is 7.72. The summed E-state index contributed by atoms with van der Waals surface area (Å²) in [4.78, 5) is 25.4. The number of alkyl halides is 7. The standard InChI is InChI=1S/C18H10F7NO2/c1-9-12(16(19,17(20,21)22)18(23,24)25)7-4-8-13(9)26-14(27)10-5-2-3-6-11(10)15(26)28/h2-8H,1H3. The van der Waals surface area contributed by atoms with Crippen molar-refractivity contribution >= 4 is 17.5 Å². The molecule has 0 saturated heterocycles. The lowest BCUT2D eigenvalue weighted by Crippen LogP contribution is -2.51. The highest BCUT2D eigenvalue weighted by Crippen LogP contribution is 2.54. The Hall–Kier alpha value is -2.91. The van der Waals surface area contributed by atoms with Gasteiger partial charge in [-0.3, -0.25) is 9.59 Å². The van der Waals surface area contributed by atoms with Crippen molar-refractivity contribution in [2.24, 2.45) is 0 Å². The van der Waals surface area contributed by atoms with Crippen molar-refractivity contribution in [2.45, 2.75) is 24.9 Å². The Morgan fingerprint density at radius 2 is 1.18 bits per heavy atom. The van der Waals surface area contributed by atoms with Gasteiger partial charge in [-0.05, 0) is 30.7 Å². The smallest absolute Gasteiger partial charge is 0.268 e. The summed E-state index contributed by atoms with van der Waals surface area (Å²) in [5, 5.41) is 0. The number of rotatable bonds is 2. The molecule has 1 heterocycles. The second kappa shape index (κ2) is 6.05. The first-order valence-corrected chi connectivity index (χ1v) is 7.72. The number of carbonyl (C=O) groups excluding carboxylic acids is 2. The van der Waals surface area contributed by atoms with E-state index in [1.54, 1.807) is 0 Å². The predicted octanol–water partition coefficient (Wildman–Crippen LogP) is 5.09. The van der Waals surface area contributed by atoms with Crippen LogP contribution in [0.1, 0.15) is 31.8 Å². The third kappa shape index (κ3) is 2.58. The van der Waals surface area contributed by atoms with Crippen LogP contribution in [0.15, 0.2) is 42.5 Å². The predicted molar refractivity (Wildman–Crippen MR) is 83.7 cm³/mol. The van der Waals surface area contributed by atoms with Crippen molar-refractivity contribution in [3.8, 4) is 0 Å². The zero-order chi connectivity index (χ0) is 21.1. The summed E-state index contributed by atoms with van der Waals surface area (Å²) in [5.74, 6) is -1.85. The number of fused-ring (bicyclic) bond motifs is 1. The van der Waals surface area contributed by atoms with Crippen LogP contribution in [-0.2, 0) is 5.67 Å². The van der Waals surface area contributed by atoms with Crippen LogP contribution in [0.25, 0.3) is 0 Å². The summed E-state index contributed by atoms with van der Waals surface area (Å²) < 4.78 is 93.1. The van der Waals surface area contributed by atoms with Gasteiger partial charge in [0.15, 0.2) is 0 Å². The van der Waals surface area contributed by atoms with E-state index in [-0.39, 0.29) is 11.1 Å². The summed E-state index contributed by atoms with van der Waals surface area (Å²) in [6, 6.07) is 7.51. The van der Waals surface area contributed by atoms with E-state index in [4.69, 9.17) is 0 Å². The Morgan fingerprint density at radius 3 is 1.61 bits per heavy atom. The summed E-state index contributed by atoms with van der Waals surface area (Å²) in [6.07, 6.45) is -12.6. The van der Waals surface area contributed by atoms with Crippen LogP contribution in [0.4, 0.5) is 36.4 Å². The monoisotopic (exact) mass is 405 g/mol. The number of halogens is 7. The molecule has 3 rings (SSSR count). The lowest BCUT2D eigenvalue weighted by molar-refractivity contribution is -0.348. The normalized spacial score (nSPS) is 15.2. The summed E-state index contributed by atoms with van der Waals surface area (Å²) in [5.41, 5.74) is -8.90. The fourth-order valence-electron chi connectivity index (χ4n) is 3.11. The molecular weight excluding hydrogens is 395 g/mol. The number of hydrogen-bond donors (Lipinski definition) is 0. The third-order valence-corrected chi connectivity index (χ3v) is 4.49. The molecule has 1 aliphatic rings. The minimum Gasteiger partial charge on any atom is -0.268 e. The van der Waals surface area contributed by atoms with Gasteiger partial charge in [0.25, 0.3) is 11.8 Å². The molecule has 148 valence electrons. The van der Waals surface area contributed by atoms with E-state index in [9.17, 15) is 40.3 Å². The minimum absolute atomic E-state index is 0.0598. The van der Waals surface area contributed by atoms with E-state index in [0.29, 0.717) is 11.0 Å². The summed E-state index contributed by atoms with van der Waals surface area (Å²) in [7, 11) is 0. The largest absolute Gasteiger partial charge is 0.435 e. The van der Waals surface area contributed by atoms with Gasteiger partial charge in [0.05, 0.1) is 16.8 Å². The molecule has 28 heavy (non-hydrogen) atoms. The Bertz CT molecular complexity index is 930. The topological polar surface area (TPSA) is 37.4 Å². The van der Waals surface area contributed by atoms with Crippen molar-refractivity contribution in [1.29, 1.82) is 0 Å². The van der Waals surface area contributed by atoms with Crippen molar-refractivity contribution in [3.63, 3.8) is 0 Å². The highest BCUT2D eigenvalue weighted by atomic mass is 19.4. The van der Waals surface area contributed by atoms with Gasteiger partial charge in [-0.15, -0.1) is 0 Å². The van der Waals surface area contributed by atoms with Gasteiger partial charge in [0.1, 0.15) is 0 Å². The first kappa shape index (κ1) is 19.8. The van der Waals surface area contributed by atoms with Crippen LogP contribution in [0.3, 0.4) is 0 Å². The fourth-order valence-corrected chi connectivity index (χ4v) is 3.11. The van der Waals surface area contributed by atoms with Crippen molar-refractivity contribution < 1.29 is 40.3 Å². The molecule has 2 amide bonds. The highest BCUT2D eigenvalue weighted by Gasteiger charge is 2.74. The van der Waals surface area contributed by atoms with E-state index in [1.165, 1.54) is 24.3 Å². The quantitative estimate of drug-likeness (QED) is 0.516. The van der Waals surface area contributed by atoms with Gasteiger partial charge in [0.2, 0.25) is 0 Å². The molecule has 2 aromatic carbocycles. The number of imide groups is 1. The number of nitrogens with zero attached hydrogens (tertiary/aromatic N) is 1. The number of carbonyl (C=O) groups is 2. The number of amides is 2. The maximum Gasteiger partial charge on any atom is 0.435 e. The van der Waals surface area contributed by atoms with Gasteiger partial charge >= 0.3 is 18.0 Å². The van der Waals surface area contributed by atoms with E-state index in [0.717, 1.165) is 19.1 Å². The van der Waals surface area contributed by atoms with Crippen LogP contribution < -0.4 is 4.90 Å². The lowest BCUT2D eigenvalue weighted by Gasteiger charge is -2.32. The van der Waals surface area contributed by atoms with Crippen LogP contribution in [0, 0.1) is 6.92 Å².